The summed E-state index contributed by atoms with van der Waals surface area (Å²) in [6.07, 6.45) is 1.63. The first-order valence-electron chi connectivity index (χ1n) is 9.68. The molecule has 2 aromatic carbocycles. The van der Waals surface area contributed by atoms with Crippen molar-refractivity contribution >= 4 is 29.3 Å². The molecule has 0 aliphatic rings. The van der Waals surface area contributed by atoms with E-state index in [1.54, 1.807) is 54.7 Å². The molecule has 1 heterocycles. The summed E-state index contributed by atoms with van der Waals surface area (Å²) in [5.41, 5.74) is 1.98. The fourth-order valence-corrected chi connectivity index (χ4v) is 3.59. The summed E-state index contributed by atoms with van der Waals surface area (Å²) in [5, 5.41) is 6.08. The maximum atomic E-state index is 13.1. The largest absolute Gasteiger partial charge is 0.484 e. The van der Waals surface area contributed by atoms with Gasteiger partial charge in [-0.05, 0) is 61.0 Å². The zero-order valence-electron chi connectivity index (χ0n) is 16.9. The molecular weight excluding hydrogens is 417 g/mol. The highest BCUT2D eigenvalue weighted by Gasteiger charge is 2.13. The van der Waals surface area contributed by atoms with Gasteiger partial charge in [-0.3, -0.25) is 9.59 Å². The molecule has 0 atom stereocenters. The van der Waals surface area contributed by atoms with E-state index in [2.05, 4.69) is 15.6 Å². The summed E-state index contributed by atoms with van der Waals surface area (Å²) in [6.45, 7) is 2.32. The first-order valence-corrected chi connectivity index (χ1v) is 10.7. The monoisotopic (exact) mass is 439 g/mol. The van der Waals surface area contributed by atoms with Crippen molar-refractivity contribution in [1.82, 2.24) is 10.3 Å². The topological polar surface area (TPSA) is 80.3 Å². The third-order valence-electron chi connectivity index (χ3n) is 4.16. The van der Waals surface area contributed by atoms with Crippen LogP contribution in [0.25, 0.3) is 0 Å². The molecule has 0 saturated heterocycles. The summed E-state index contributed by atoms with van der Waals surface area (Å²) >= 11 is 1.41. The Kier molecular flexibility index (Phi) is 8.00. The SMILES string of the molecule is CCNC(=O)COc1ccc(NC(=O)c2cccnc2SCc2ccc(F)cc2)cc1. The van der Waals surface area contributed by atoms with Crippen LogP contribution < -0.4 is 15.4 Å². The molecule has 31 heavy (non-hydrogen) atoms. The average Bonchev–Trinajstić information content (AvgIpc) is 2.78. The molecule has 6 nitrogen and oxygen atoms in total. The van der Waals surface area contributed by atoms with E-state index in [0.29, 0.717) is 34.3 Å². The van der Waals surface area contributed by atoms with E-state index in [-0.39, 0.29) is 24.2 Å². The lowest BCUT2D eigenvalue weighted by Crippen LogP contribution is -2.28. The number of likely N-dealkylation sites (N-methyl/N-ethyl adjacent to an activating group) is 1. The molecule has 2 amide bonds. The number of thioether (sulfide) groups is 1. The number of aromatic nitrogens is 1. The van der Waals surface area contributed by atoms with Crippen LogP contribution in [0.2, 0.25) is 0 Å². The van der Waals surface area contributed by atoms with Gasteiger partial charge in [-0.1, -0.05) is 12.1 Å². The predicted octanol–water partition coefficient (Wildman–Crippen LogP) is 4.28. The van der Waals surface area contributed by atoms with Crippen LogP contribution in [0.5, 0.6) is 5.75 Å². The van der Waals surface area contributed by atoms with E-state index in [0.717, 1.165) is 5.56 Å². The Morgan fingerprint density at radius 1 is 1.06 bits per heavy atom. The number of carbonyl (C=O) groups is 2. The Balaban J connectivity index is 1.60. The summed E-state index contributed by atoms with van der Waals surface area (Å²) in [7, 11) is 0. The van der Waals surface area contributed by atoms with Crippen molar-refractivity contribution in [3.8, 4) is 5.75 Å². The van der Waals surface area contributed by atoms with Crippen LogP contribution in [0, 0.1) is 5.82 Å². The quantitative estimate of drug-likeness (QED) is 0.487. The van der Waals surface area contributed by atoms with E-state index < -0.39 is 0 Å². The molecule has 1 aromatic heterocycles. The highest BCUT2D eigenvalue weighted by molar-refractivity contribution is 7.98. The number of carbonyl (C=O) groups excluding carboxylic acids is 2. The third kappa shape index (κ3) is 6.82. The van der Waals surface area contributed by atoms with E-state index >= 15 is 0 Å². The number of hydrogen-bond donors (Lipinski definition) is 2. The molecule has 0 spiro atoms. The minimum absolute atomic E-state index is 0.0656. The summed E-state index contributed by atoms with van der Waals surface area (Å²) in [4.78, 5) is 28.5. The third-order valence-corrected chi connectivity index (χ3v) is 5.24. The van der Waals surface area contributed by atoms with Crippen LogP contribution in [0.15, 0.2) is 71.9 Å². The van der Waals surface area contributed by atoms with Crippen LogP contribution >= 0.6 is 11.8 Å². The summed E-state index contributed by atoms with van der Waals surface area (Å²) < 4.78 is 18.5. The molecule has 0 bridgehead atoms. The maximum Gasteiger partial charge on any atom is 0.258 e. The Hall–Kier alpha value is -3.39. The lowest BCUT2D eigenvalue weighted by atomic mass is 10.2. The van der Waals surface area contributed by atoms with Crippen LogP contribution in [0.1, 0.15) is 22.8 Å². The molecule has 8 heteroatoms. The van der Waals surface area contributed by atoms with E-state index in [1.807, 2.05) is 6.92 Å². The molecular formula is C23H22FN3O3S. The number of ether oxygens (including phenoxy) is 1. The molecule has 0 radical (unpaired) electrons. The average molecular weight is 440 g/mol. The van der Waals surface area contributed by atoms with Gasteiger partial charge >= 0.3 is 0 Å². The number of rotatable bonds is 9. The van der Waals surface area contributed by atoms with Crippen molar-refractivity contribution in [3.63, 3.8) is 0 Å². The molecule has 0 fully saturated rings. The number of hydrogen-bond acceptors (Lipinski definition) is 5. The molecule has 3 aromatic rings. The first-order chi connectivity index (χ1) is 15.0. The highest BCUT2D eigenvalue weighted by Crippen LogP contribution is 2.25. The summed E-state index contributed by atoms with van der Waals surface area (Å²) in [5.74, 6) is 0.330. The van der Waals surface area contributed by atoms with Crippen molar-refractivity contribution in [2.45, 2.75) is 17.7 Å². The number of halogens is 1. The number of benzene rings is 2. The van der Waals surface area contributed by atoms with Gasteiger partial charge in [0.1, 0.15) is 16.6 Å². The van der Waals surface area contributed by atoms with Crippen molar-refractivity contribution in [2.75, 3.05) is 18.5 Å². The van der Waals surface area contributed by atoms with Crippen molar-refractivity contribution in [3.05, 3.63) is 83.8 Å². The fourth-order valence-electron chi connectivity index (χ4n) is 2.64. The molecule has 0 aliphatic carbocycles. The van der Waals surface area contributed by atoms with E-state index in [4.69, 9.17) is 4.74 Å². The Bertz CT molecular complexity index is 1030. The lowest BCUT2D eigenvalue weighted by molar-refractivity contribution is -0.122. The Labute approximate surface area is 184 Å². The second kappa shape index (κ2) is 11.1. The fraction of sp³-hybridized carbons (Fsp3) is 0.174. The Morgan fingerprint density at radius 3 is 2.52 bits per heavy atom. The lowest BCUT2D eigenvalue weighted by Gasteiger charge is -2.10. The second-order valence-electron chi connectivity index (χ2n) is 6.49. The van der Waals surface area contributed by atoms with Gasteiger partial charge in [-0.25, -0.2) is 9.37 Å². The smallest absolute Gasteiger partial charge is 0.258 e. The molecule has 3 rings (SSSR count). The van der Waals surface area contributed by atoms with Crippen LogP contribution in [0.3, 0.4) is 0 Å². The standard InChI is InChI=1S/C23H22FN3O3S/c1-2-25-21(28)14-30-19-11-9-18(10-12-19)27-22(29)20-4-3-13-26-23(20)31-15-16-5-7-17(24)8-6-16/h3-13H,2,14-15H2,1H3,(H,25,28)(H,27,29). The molecule has 0 saturated carbocycles. The van der Waals surface area contributed by atoms with Gasteiger partial charge in [-0.15, -0.1) is 11.8 Å². The van der Waals surface area contributed by atoms with Gasteiger partial charge in [0.15, 0.2) is 6.61 Å². The number of nitrogens with one attached hydrogen (secondary N) is 2. The minimum Gasteiger partial charge on any atom is -0.484 e. The van der Waals surface area contributed by atoms with Gasteiger partial charge in [-0.2, -0.15) is 0 Å². The number of pyridine rings is 1. The minimum atomic E-state index is -0.286. The van der Waals surface area contributed by atoms with Crippen molar-refractivity contribution < 1.29 is 18.7 Å². The normalized spacial score (nSPS) is 10.4. The first kappa shape index (κ1) is 22.3. The van der Waals surface area contributed by atoms with E-state index in [9.17, 15) is 14.0 Å². The zero-order chi connectivity index (χ0) is 22.1. The van der Waals surface area contributed by atoms with Crippen molar-refractivity contribution in [1.29, 1.82) is 0 Å². The van der Waals surface area contributed by atoms with Gasteiger partial charge in [0.25, 0.3) is 11.8 Å². The van der Waals surface area contributed by atoms with Crippen LogP contribution in [-0.4, -0.2) is 29.9 Å². The maximum absolute atomic E-state index is 13.1. The number of nitrogens with zero attached hydrogens (tertiary/aromatic N) is 1. The van der Waals surface area contributed by atoms with Crippen LogP contribution in [0.4, 0.5) is 10.1 Å². The van der Waals surface area contributed by atoms with Crippen LogP contribution in [-0.2, 0) is 10.5 Å². The van der Waals surface area contributed by atoms with Gasteiger partial charge in [0.05, 0.1) is 5.56 Å². The number of amides is 2. The molecule has 160 valence electrons. The highest BCUT2D eigenvalue weighted by atomic mass is 32.2. The van der Waals surface area contributed by atoms with Crippen molar-refractivity contribution in [2.24, 2.45) is 0 Å². The zero-order valence-corrected chi connectivity index (χ0v) is 17.7. The second-order valence-corrected chi connectivity index (χ2v) is 7.46. The molecule has 0 aliphatic heterocycles. The predicted molar refractivity (Wildman–Crippen MR) is 119 cm³/mol. The van der Waals surface area contributed by atoms with Gasteiger partial charge < -0.3 is 15.4 Å². The Morgan fingerprint density at radius 2 is 1.81 bits per heavy atom. The summed E-state index contributed by atoms with van der Waals surface area (Å²) in [6, 6.07) is 16.4. The van der Waals surface area contributed by atoms with Gasteiger partial charge in [0, 0.05) is 24.2 Å². The molecule has 0 unspecified atom stereocenters. The van der Waals surface area contributed by atoms with Gasteiger partial charge in [0.2, 0.25) is 0 Å². The van der Waals surface area contributed by atoms with E-state index in [1.165, 1.54) is 23.9 Å². The molecule has 2 N–H and O–H groups in total. The number of anilines is 1.